The van der Waals surface area contributed by atoms with Gasteiger partial charge in [-0.2, -0.15) is 0 Å². The van der Waals surface area contributed by atoms with Crippen molar-refractivity contribution in [2.75, 3.05) is 6.54 Å². The monoisotopic (exact) mass is 304 g/mol. The molecule has 1 rings (SSSR count). The molecule has 0 aliphatic heterocycles. The molecular weight excluding hydrogens is 288 g/mol. The Labute approximate surface area is 109 Å². The Hall–Kier alpha value is -0.390. The lowest BCUT2D eigenvalue weighted by Crippen LogP contribution is -2.39. The molecule has 16 heavy (non-hydrogen) atoms. The molecule has 3 nitrogen and oxygen atoms in total. The average Bonchev–Trinajstić information content (AvgIpc) is 2.62. The number of carbonyl (C=O) groups excluding carboxylic acids is 1. The third-order valence-electron chi connectivity index (χ3n) is 2.50. The van der Waals surface area contributed by atoms with Gasteiger partial charge in [0.05, 0.1) is 3.79 Å². The molecule has 1 heterocycles. The van der Waals surface area contributed by atoms with Crippen LogP contribution in [0.1, 0.15) is 18.7 Å². The van der Waals surface area contributed by atoms with Gasteiger partial charge in [-0.15, -0.1) is 11.3 Å². The predicted molar refractivity (Wildman–Crippen MR) is 71.5 cm³/mol. The second-order valence-corrected chi connectivity index (χ2v) is 6.44. The van der Waals surface area contributed by atoms with Gasteiger partial charge in [-0.05, 0) is 41.4 Å². The minimum atomic E-state index is -0.130. The van der Waals surface area contributed by atoms with Crippen molar-refractivity contribution in [3.63, 3.8) is 0 Å². The summed E-state index contributed by atoms with van der Waals surface area (Å²) in [5.74, 6) is -0.0966. The van der Waals surface area contributed by atoms with Gasteiger partial charge >= 0.3 is 0 Å². The fraction of sp³-hybridized carbons (Fsp3) is 0.545. The summed E-state index contributed by atoms with van der Waals surface area (Å²) in [6.45, 7) is 4.37. The molecule has 0 spiro atoms. The summed E-state index contributed by atoms with van der Waals surface area (Å²) in [5, 5.41) is 2.89. The lowest BCUT2D eigenvalue weighted by atomic mass is 10.0. The van der Waals surface area contributed by atoms with Gasteiger partial charge in [-0.25, -0.2) is 0 Å². The Morgan fingerprint density at radius 1 is 1.56 bits per heavy atom. The molecule has 0 saturated heterocycles. The highest BCUT2D eigenvalue weighted by atomic mass is 79.9. The molecule has 2 atom stereocenters. The first-order valence-electron chi connectivity index (χ1n) is 5.28. The maximum atomic E-state index is 11.6. The van der Waals surface area contributed by atoms with Gasteiger partial charge in [-0.3, -0.25) is 4.79 Å². The molecule has 0 saturated carbocycles. The van der Waals surface area contributed by atoms with Crippen LogP contribution < -0.4 is 11.1 Å². The summed E-state index contributed by atoms with van der Waals surface area (Å²) < 4.78 is 1.12. The number of nitrogens with two attached hydrogens (primary N) is 1. The van der Waals surface area contributed by atoms with Crippen LogP contribution in [-0.2, 0) is 11.2 Å². The summed E-state index contributed by atoms with van der Waals surface area (Å²) in [6.07, 6.45) is 0.869. The minimum Gasteiger partial charge on any atom is -0.355 e. The molecule has 1 aromatic rings. The topological polar surface area (TPSA) is 55.1 Å². The van der Waals surface area contributed by atoms with Gasteiger partial charge in [0.1, 0.15) is 0 Å². The van der Waals surface area contributed by atoms with E-state index in [4.69, 9.17) is 5.73 Å². The third kappa shape index (κ3) is 4.23. The van der Waals surface area contributed by atoms with Crippen LogP contribution in [0.15, 0.2) is 15.9 Å². The van der Waals surface area contributed by atoms with Crippen molar-refractivity contribution in [3.05, 3.63) is 20.8 Å². The zero-order chi connectivity index (χ0) is 12.1. The van der Waals surface area contributed by atoms with Gasteiger partial charge in [0.2, 0.25) is 5.91 Å². The average molecular weight is 305 g/mol. The third-order valence-corrected chi connectivity index (χ3v) is 4.19. The van der Waals surface area contributed by atoms with Crippen LogP contribution in [0.3, 0.4) is 0 Å². The summed E-state index contributed by atoms with van der Waals surface area (Å²) in [7, 11) is 0. The summed E-state index contributed by atoms with van der Waals surface area (Å²) >= 11 is 5.10. The van der Waals surface area contributed by atoms with Gasteiger partial charge < -0.3 is 11.1 Å². The van der Waals surface area contributed by atoms with E-state index >= 15 is 0 Å². The zero-order valence-corrected chi connectivity index (χ0v) is 11.9. The molecule has 0 aliphatic rings. The van der Waals surface area contributed by atoms with E-state index in [2.05, 4.69) is 27.3 Å². The molecule has 5 heteroatoms. The Morgan fingerprint density at radius 3 is 2.75 bits per heavy atom. The maximum absolute atomic E-state index is 11.6. The highest BCUT2D eigenvalue weighted by Crippen LogP contribution is 2.22. The van der Waals surface area contributed by atoms with Crippen LogP contribution in [0.2, 0.25) is 0 Å². The van der Waals surface area contributed by atoms with E-state index in [9.17, 15) is 4.79 Å². The molecule has 0 fully saturated rings. The van der Waals surface area contributed by atoms with Crippen molar-refractivity contribution in [3.8, 4) is 0 Å². The SMILES string of the molecule is CC(N)C(C)C(=O)NCCc1ccc(Br)s1. The fourth-order valence-electron chi connectivity index (χ4n) is 1.19. The van der Waals surface area contributed by atoms with E-state index in [0.717, 1.165) is 10.2 Å². The number of halogens is 1. The second kappa shape index (κ2) is 6.37. The van der Waals surface area contributed by atoms with Gasteiger partial charge in [0, 0.05) is 23.4 Å². The Morgan fingerprint density at radius 2 is 2.25 bits per heavy atom. The number of carbonyl (C=O) groups is 1. The van der Waals surface area contributed by atoms with E-state index in [1.165, 1.54) is 4.88 Å². The molecule has 2 unspecified atom stereocenters. The summed E-state index contributed by atoms with van der Waals surface area (Å²) in [5.41, 5.74) is 5.66. The van der Waals surface area contributed by atoms with Gasteiger partial charge in [0.25, 0.3) is 0 Å². The molecule has 0 aromatic carbocycles. The Balaban J connectivity index is 2.28. The van der Waals surface area contributed by atoms with Crippen LogP contribution in [0.5, 0.6) is 0 Å². The number of amides is 1. The molecule has 1 amide bonds. The number of nitrogens with one attached hydrogen (secondary N) is 1. The van der Waals surface area contributed by atoms with E-state index in [-0.39, 0.29) is 17.9 Å². The van der Waals surface area contributed by atoms with Crippen molar-refractivity contribution in [1.29, 1.82) is 0 Å². The van der Waals surface area contributed by atoms with Crippen LogP contribution in [-0.4, -0.2) is 18.5 Å². The highest BCUT2D eigenvalue weighted by Gasteiger charge is 2.16. The van der Waals surface area contributed by atoms with Crippen LogP contribution in [0.25, 0.3) is 0 Å². The number of thiophene rings is 1. The molecule has 0 bridgehead atoms. The number of hydrogen-bond acceptors (Lipinski definition) is 3. The van der Waals surface area contributed by atoms with Crippen molar-refractivity contribution >= 4 is 33.2 Å². The first kappa shape index (κ1) is 13.7. The van der Waals surface area contributed by atoms with E-state index in [1.807, 2.05) is 19.9 Å². The van der Waals surface area contributed by atoms with E-state index in [0.29, 0.717) is 6.54 Å². The second-order valence-electron chi connectivity index (χ2n) is 3.89. The van der Waals surface area contributed by atoms with E-state index in [1.54, 1.807) is 11.3 Å². The van der Waals surface area contributed by atoms with Crippen molar-refractivity contribution in [1.82, 2.24) is 5.32 Å². The quantitative estimate of drug-likeness (QED) is 0.876. The Kier molecular flexibility index (Phi) is 5.44. The van der Waals surface area contributed by atoms with Gasteiger partial charge in [0.15, 0.2) is 0 Å². The maximum Gasteiger partial charge on any atom is 0.224 e. The van der Waals surface area contributed by atoms with Crippen molar-refractivity contribution in [2.45, 2.75) is 26.3 Å². The molecule has 3 N–H and O–H groups in total. The normalized spacial score (nSPS) is 14.5. The molecule has 90 valence electrons. The zero-order valence-electron chi connectivity index (χ0n) is 9.50. The van der Waals surface area contributed by atoms with E-state index < -0.39 is 0 Å². The summed E-state index contributed by atoms with van der Waals surface area (Å²) in [6, 6.07) is 3.98. The van der Waals surface area contributed by atoms with Crippen LogP contribution in [0, 0.1) is 5.92 Å². The summed E-state index contributed by atoms with van der Waals surface area (Å²) in [4.78, 5) is 12.8. The molecule has 0 radical (unpaired) electrons. The first-order chi connectivity index (χ1) is 7.50. The lowest BCUT2D eigenvalue weighted by Gasteiger charge is -2.14. The Bertz CT molecular complexity index is 352. The van der Waals surface area contributed by atoms with Crippen molar-refractivity contribution in [2.24, 2.45) is 11.7 Å². The molecule has 1 aromatic heterocycles. The molecular formula is C11H17BrN2OS. The molecule has 0 aliphatic carbocycles. The highest BCUT2D eigenvalue weighted by molar-refractivity contribution is 9.11. The number of rotatable bonds is 5. The van der Waals surface area contributed by atoms with Crippen molar-refractivity contribution < 1.29 is 4.79 Å². The first-order valence-corrected chi connectivity index (χ1v) is 6.89. The minimum absolute atomic E-state index is 0.0330. The van der Waals surface area contributed by atoms with Gasteiger partial charge in [-0.1, -0.05) is 6.92 Å². The largest absolute Gasteiger partial charge is 0.355 e. The van der Waals surface area contributed by atoms with Crippen LogP contribution >= 0.6 is 27.3 Å². The fourth-order valence-corrected chi connectivity index (χ4v) is 2.68. The smallest absolute Gasteiger partial charge is 0.224 e. The van der Waals surface area contributed by atoms with Crippen LogP contribution in [0.4, 0.5) is 0 Å². The number of hydrogen-bond donors (Lipinski definition) is 2. The predicted octanol–water partition coefficient (Wildman–Crippen LogP) is 2.15. The standard InChI is InChI=1S/C11H17BrN2OS/c1-7(8(2)13)11(15)14-6-5-9-3-4-10(12)16-9/h3-4,7-8H,5-6,13H2,1-2H3,(H,14,15). The lowest BCUT2D eigenvalue weighted by molar-refractivity contribution is -0.124.